The van der Waals surface area contributed by atoms with Crippen molar-refractivity contribution in [1.29, 1.82) is 0 Å². The van der Waals surface area contributed by atoms with Crippen molar-refractivity contribution in [3.8, 4) is 0 Å². The molecule has 11 heavy (non-hydrogen) atoms. The van der Waals surface area contributed by atoms with Crippen LogP contribution in [-0.2, 0) is 0 Å². The van der Waals surface area contributed by atoms with Crippen LogP contribution >= 0.6 is 0 Å². The van der Waals surface area contributed by atoms with Crippen LogP contribution in [0.5, 0.6) is 0 Å². The van der Waals surface area contributed by atoms with Crippen LogP contribution in [0.2, 0.25) is 0 Å². The first kappa shape index (κ1) is 7.64. The van der Waals surface area contributed by atoms with Crippen molar-refractivity contribution in [2.45, 2.75) is 46.5 Å². The lowest BCUT2D eigenvalue weighted by molar-refractivity contribution is 0.190. The van der Waals surface area contributed by atoms with E-state index < -0.39 is 0 Å². The Bertz CT molecular complexity index is 161. The van der Waals surface area contributed by atoms with Gasteiger partial charge in [-0.3, -0.25) is 0 Å². The molecular formula is C11H20. The van der Waals surface area contributed by atoms with Gasteiger partial charge in [0.2, 0.25) is 0 Å². The van der Waals surface area contributed by atoms with E-state index in [1.54, 1.807) is 0 Å². The highest BCUT2D eigenvalue weighted by atomic mass is 14.6. The van der Waals surface area contributed by atoms with Crippen LogP contribution in [0.4, 0.5) is 0 Å². The predicted molar refractivity (Wildman–Crippen MR) is 48.4 cm³/mol. The van der Waals surface area contributed by atoms with Crippen LogP contribution in [0.1, 0.15) is 46.5 Å². The van der Waals surface area contributed by atoms with Crippen LogP contribution < -0.4 is 0 Å². The molecule has 0 aromatic carbocycles. The van der Waals surface area contributed by atoms with Crippen LogP contribution in [0.15, 0.2) is 0 Å². The largest absolute Gasteiger partial charge is 0.0651 e. The highest BCUT2D eigenvalue weighted by Gasteiger charge is 2.54. The molecule has 4 unspecified atom stereocenters. The molecule has 0 aliphatic heterocycles. The van der Waals surface area contributed by atoms with Gasteiger partial charge in [-0.05, 0) is 42.4 Å². The van der Waals surface area contributed by atoms with Crippen LogP contribution in [-0.4, -0.2) is 0 Å². The summed E-state index contributed by atoms with van der Waals surface area (Å²) in [5.41, 5.74) is 0.799. The van der Waals surface area contributed by atoms with E-state index in [2.05, 4.69) is 20.8 Å². The van der Waals surface area contributed by atoms with Gasteiger partial charge in [0.05, 0.1) is 0 Å². The molecular weight excluding hydrogens is 132 g/mol. The summed E-state index contributed by atoms with van der Waals surface area (Å²) in [7, 11) is 0. The second-order valence-electron chi connectivity index (χ2n) is 5.14. The summed E-state index contributed by atoms with van der Waals surface area (Å²) >= 11 is 0. The molecule has 0 radical (unpaired) electrons. The van der Waals surface area contributed by atoms with E-state index in [0.717, 1.165) is 23.2 Å². The third kappa shape index (κ3) is 1.11. The molecule has 64 valence electrons. The zero-order valence-electron chi connectivity index (χ0n) is 8.06. The van der Waals surface area contributed by atoms with Crippen molar-refractivity contribution < 1.29 is 0 Å². The van der Waals surface area contributed by atoms with E-state index in [-0.39, 0.29) is 0 Å². The fraction of sp³-hybridized carbons (Fsp3) is 1.00. The minimum atomic E-state index is 0.799. The van der Waals surface area contributed by atoms with Crippen molar-refractivity contribution >= 4 is 0 Å². The van der Waals surface area contributed by atoms with E-state index in [1.165, 1.54) is 25.7 Å². The second kappa shape index (κ2) is 2.24. The molecule has 2 aliphatic rings. The molecule has 0 aromatic heterocycles. The van der Waals surface area contributed by atoms with Crippen LogP contribution in [0.3, 0.4) is 0 Å². The summed E-state index contributed by atoms with van der Waals surface area (Å²) in [6.45, 7) is 7.30. The Morgan fingerprint density at radius 1 is 1.36 bits per heavy atom. The third-order valence-electron chi connectivity index (χ3n) is 4.25. The Morgan fingerprint density at radius 3 is 2.73 bits per heavy atom. The van der Waals surface area contributed by atoms with Gasteiger partial charge >= 0.3 is 0 Å². The summed E-state index contributed by atoms with van der Waals surface area (Å²) in [6, 6.07) is 0. The monoisotopic (exact) mass is 152 g/mol. The van der Waals surface area contributed by atoms with Gasteiger partial charge in [0.25, 0.3) is 0 Å². The Labute approximate surface area is 70.4 Å². The Balaban J connectivity index is 2.02. The smallest absolute Gasteiger partial charge is 0.0292 e. The minimum Gasteiger partial charge on any atom is -0.0651 e. The van der Waals surface area contributed by atoms with Gasteiger partial charge in [0, 0.05) is 0 Å². The summed E-state index contributed by atoms with van der Waals surface area (Å²) in [5.74, 6) is 3.17. The lowest BCUT2D eigenvalue weighted by atomic mass is 9.74. The van der Waals surface area contributed by atoms with E-state index in [4.69, 9.17) is 0 Å². The number of rotatable bonds is 1. The number of hydrogen-bond acceptors (Lipinski definition) is 0. The standard InChI is InChI=1S/C11H20/c1-4-9-6-11(3)7-10(11)5-8(9)2/h8-10H,4-7H2,1-3H3. The Kier molecular flexibility index (Phi) is 1.56. The zero-order chi connectivity index (χ0) is 8.06. The maximum absolute atomic E-state index is 2.49. The Morgan fingerprint density at radius 2 is 2.09 bits per heavy atom. The van der Waals surface area contributed by atoms with Gasteiger partial charge < -0.3 is 0 Å². The van der Waals surface area contributed by atoms with Crippen molar-refractivity contribution in [1.82, 2.24) is 0 Å². The number of hydrogen-bond donors (Lipinski definition) is 0. The summed E-state index contributed by atoms with van der Waals surface area (Å²) in [4.78, 5) is 0. The van der Waals surface area contributed by atoms with E-state index in [1.807, 2.05) is 0 Å². The molecule has 0 heterocycles. The van der Waals surface area contributed by atoms with E-state index in [0.29, 0.717) is 0 Å². The normalized spacial score (nSPS) is 55.4. The van der Waals surface area contributed by atoms with Crippen molar-refractivity contribution in [2.75, 3.05) is 0 Å². The average molecular weight is 152 g/mol. The molecule has 2 fully saturated rings. The third-order valence-corrected chi connectivity index (χ3v) is 4.25. The predicted octanol–water partition coefficient (Wildman–Crippen LogP) is 3.47. The van der Waals surface area contributed by atoms with E-state index >= 15 is 0 Å². The lowest BCUT2D eigenvalue weighted by Gasteiger charge is -2.31. The van der Waals surface area contributed by atoms with E-state index in [9.17, 15) is 0 Å². The van der Waals surface area contributed by atoms with Crippen molar-refractivity contribution in [3.05, 3.63) is 0 Å². The molecule has 0 saturated heterocycles. The first-order valence-electron chi connectivity index (χ1n) is 5.15. The van der Waals surface area contributed by atoms with Gasteiger partial charge in [0.15, 0.2) is 0 Å². The summed E-state index contributed by atoms with van der Waals surface area (Å²) in [6.07, 6.45) is 5.99. The first-order chi connectivity index (χ1) is 5.15. The molecule has 2 saturated carbocycles. The maximum Gasteiger partial charge on any atom is -0.0292 e. The van der Waals surface area contributed by atoms with Gasteiger partial charge in [0.1, 0.15) is 0 Å². The molecule has 0 nitrogen and oxygen atoms in total. The fourth-order valence-electron chi connectivity index (χ4n) is 3.11. The molecule has 4 atom stereocenters. The van der Waals surface area contributed by atoms with Crippen LogP contribution in [0.25, 0.3) is 0 Å². The van der Waals surface area contributed by atoms with Gasteiger partial charge in [-0.1, -0.05) is 27.2 Å². The Hall–Kier alpha value is 0. The van der Waals surface area contributed by atoms with Crippen molar-refractivity contribution in [2.24, 2.45) is 23.2 Å². The molecule has 2 rings (SSSR count). The molecule has 0 spiro atoms. The molecule has 0 N–H and O–H groups in total. The quantitative estimate of drug-likeness (QED) is 0.539. The van der Waals surface area contributed by atoms with Crippen LogP contribution in [0, 0.1) is 23.2 Å². The molecule has 0 heteroatoms. The first-order valence-corrected chi connectivity index (χ1v) is 5.15. The van der Waals surface area contributed by atoms with Gasteiger partial charge in [-0.15, -0.1) is 0 Å². The SMILES string of the molecule is CCC1CC2(C)CC2CC1C. The molecule has 0 aromatic rings. The summed E-state index contributed by atoms with van der Waals surface area (Å²) in [5, 5.41) is 0. The highest BCUT2D eigenvalue weighted by molar-refractivity contribution is 5.04. The molecule has 0 bridgehead atoms. The van der Waals surface area contributed by atoms with Gasteiger partial charge in [-0.25, -0.2) is 0 Å². The maximum atomic E-state index is 2.49. The van der Waals surface area contributed by atoms with Crippen molar-refractivity contribution in [3.63, 3.8) is 0 Å². The summed E-state index contributed by atoms with van der Waals surface area (Å²) < 4.78 is 0. The zero-order valence-corrected chi connectivity index (χ0v) is 8.06. The lowest BCUT2D eigenvalue weighted by Crippen LogP contribution is -2.22. The van der Waals surface area contributed by atoms with Gasteiger partial charge in [-0.2, -0.15) is 0 Å². The topological polar surface area (TPSA) is 0 Å². The molecule has 2 aliphatic carbocycles. The average Bonchev–Trinajstić information content (AvgIpc) is 2.59. The second-order valence-corrected chi connectivity index (χ2v) is 5.14. The highest BCUT2D eigenvalue weighted by Crippen LogP contribution is 2.63. The fourth-order valence-corrected chi connectivity index (χ4v) is 3.11. The number of fused-ring (bicyclic) bond motifs is 1. The molecule has 0 amide bonds. The minimum absolute atomic E-state index is 0.799.